The molecule has 0 N–H and O–H groups in total. The molecule has 0 radical (unpaired) electrons. The van der Waals surface area contributed by atoms with Gasteiger partial charge in [-0.1, -0.05) is 30.3 Å². The summed E-state index contributed by atoms with van der Waals surface area (Å²) in [6.45, 7) is 1.91. The van der Waals surface area contributed by atoms with Crippen LogP contribution in [0.1, 0.15) is 24.8 Å². The van der Waals surface area contributed by atoms with E-state index >= 15 is 0 Å². The molecular formula is C13H16N2. The summed E-state index contributed by atoms with van der Waals surface area (Å²) in [5.41, 5.74) is 1.35. The summed E-state index contributed by atoms with van der Waals surface area (Å²) in [4.78, 5) is 2.43. The average molecular weight is 200 g/mol. The van der Waals surface area contributed by atoms with Crippen molar-refractivity contribution >= 4 is 0 Å². The molecule has 0 heterocycles. The van der Waals surface area contributed by atoms with Gasteiger partial charge in [-0.25, -0.2) is 0 Å². The average Bonchev–Trinajstić information content (AvgIpc) is 3.09. The molecule has 1 fully saturated rings. The van der Waals surface area contributed by atoms with Crippen LogP contribution in [0.15, 0.2) is 30.3 Å². The number of hydrogen-bond acceptors (Lipinski definition) is 2. The Bertz CT molecular complexity index is 335. The molecule has 15 heavy (non-hydrogen) atoms. The summed E-state index contributed by atoms with van der Waals surface area (Å²) in [6, 6.07) is 13.5. The third-order valence-electron chi connectivity index (χ3n) is 2.80. The maximum atomic E-state index is 8.61. The molecule has 2 nitrogen and oxygen atoms in total. The fourth-order valence-corrected chi connectivity index (χ4v) is 1.84. The Kier molecular flexibility index (Phi) is 3.37. The van der Waals surface area contributed by atoms with Crippen molar-refractivity contribution in [3.8, 4) is 6.07 Å². The minimum absolute atomic E-state index is 0.642. The lowest BCUT2D eigenvalue weighted by Gasteiger charge is -2.20. The zero-order valence-electron chi connectivity index (χ0n) is 8.89. The molecule has 1 aliphatic rings. The summed E-state index contributed by atoms with van der Waals surface area (Å²) in [5, 5.41) is 8.61. The second kappa shape index (κ2) is 4.95. The van der Waals surface area contributed by atoms with E-state index in [1.807, 2.05) is 6.07 Å². The van der Waals surface area contributed by atoms with E-state index in [-0.39, 0.29) is 0 Å². The summed E-state index contributed by atoms with van der Waals surface area (Å²) < 4.78 is 0. The first-order chi connectivity index (χ1) is 7.40. The molecule has 0 spiro atoms. The highest BCUT2D eigenvalue weighted by Gasteiger charge is 2.28. The summed E-state index contributed by atoms with van der Waals surface area (Å²) >= 11 is 0. The van der Waals surface area contributed by atoms with Gasteiger partial charge in [0.1, 0.15) is 0 Å². The highest BCUT2D eigenvalue weighted by Crippen LogP contribution is 2.28. The Balaban J connectivity index is 1.92. The third-order valence-corrected chi connectivity index (χ3v) is 2.80. The van der Waals surface area contributed by atoms with Gasteiger partial charge in [0.05, 0.1) is 6.07 Å². The van der Waals surface area contributed by atoms with Crippen molar-refractivity contribution in [3.05, 3.63) is 35.9 Å². The van der Waals surface area contributed by atoms with E-state index in [0.29, 0.717) is 6.42 Å². The summed E-state index contributed by atoms with van der Waals surface area (Å²) in [5.74, 6) is 0. The van der Waals surface area contributed by atoms with E-state index < -0.39 is 0 Å². The van der Waals surface area contributed by atoms with Crippen LogP contribution in [-0.4, -0.2) is 17.5 Å². The van der Waals surface area contributed by atoms with Crippen molar-refractivity contribution in [2.24, 2.45) is 0 Å². The first-order valence-corrected chi connectivity index (χ1v) is 5.55. The van der Waals surface area contributed by atoms with Gasteiger partial charge in [-0.3, -0.25) is 4.90 Å². The van der Waals surface area contributed by atoms with E-state index in [1.165, 1.54) is 18.4 Å². The molecule has 0 aliphatic heterocycles. The van der Waals surface area contributed by atoms with Crippen LogP contribution in [0.5, 0.6) is 0 Å². The van der Waals surface area contributed by atoms with Gasteiger partial charge in [0.25, 0.3) is 0 Å². The fourth-order valence-electron chi connectivity index (χ4n) is 1.84. The minimum Gasteiger partial charge on any atom is -0.295 e. The highest BCUT2D eigenvalue weighted by atomic mass is 15.2. The molecule has 0 aromatic heterocycles. The lowest BCUT2D eigenvalue weighted by Crippen LogP contribution is -2.26. The monoisotopic (exact) mass is 200 g/mol. The van der Waals surface area contributed by atoms with Crippen LogP contribution in [-0.2, 0) is 6.54 Å². The van der Waals surface area contributed by atoms with Crippen molar-refractivity contribution in [2.45, 2.75) is 31.8 Å². The molecule has 0 atom stereocenters. The first kappa shape index (κ1) is 10.2. The van der Waals surface area contributed by atoms with Crippen molar-refractivity contribution in [3.63, 3.8) is 0 Å². The maximum Gasteiger partial charge on any atom is 0.0635 e. The summed E-state index contributed by atoms with van der Waals surface area (Å²) in [7, 11) is 0. The van der Waals surface area contributed by atoms with Crippen molar-refractivity contribution < 1.29 is 0 Å². The van der Waals surface area contributed by atoms with Crippen LogP contribution >= 0.6 is 0 Å². The van der Waals surface area contributed by atoms with Gasteiger partial charge in [-0.05, 0) is 18.4 Å². The second-order valence-electron chi connectivity index (χ2n) is 4.10. The maximum absolute atomic E-state index is 8.61. The zero-order valence-corrected chi connectivity index (χ0v) is 8.89. The molecule has 0 amide bonds. The van der Waals surface area contributed by atoms with Crippen molar-refractivity contribution in [1.82, 2.24) is 4.90 Å². The Labute approximate surface area is 91.1 Å². The first-order valence-electron chi connectivity index (χ1n) is 5.55. The number of rotatable bonds is 5. The molecule has 0 saturated heterocycles. The smallest absolute Gasteiger partial charge is 0.0635 e. The minimum atomic E-state index is 0.642. The molecule has 0 bridgehead atoms. The Morgan fingerprint density at radius 2 is 2.00 bits per heavy atom. The van der Waals surface area contributed by atoms with E-state index in [2.05, 4.69) is 35.2 Å². The van der Waals surface area contributed by atoms with Gasteiger partial charge in [0.15, 0.2) is 0 Å². The van der Waals surface area contributed by atoms with Gasteiger partial charge in [0, 0.05) is 25.6 Å². The van der Waals surface area contributed by atoms with Crippen LogP contribution in [0.4, 0.5) is 0 Å². The SMILES string of the molecule is N#CCCN(Cc1ccccc1)C1CC1. The fraction of sp³-hybridized carbons (Fsp3) is 0.462. The van der Waals surface area contributed by atoms with Crippen LogP contribution < -0.4 is 0 Å². The molecule has 2 heteroatoms. The molecular weight excluding hydrogens is 184 g/mol. The Morgan fingerprint density at radius 3 is 2.60 bits per heavy atom. The predicted octanol–water partition coefficient (Wildman–Crippen LogP) is 2.56. The molecule has 2 rings (SSSR count). The van der Waals surface area contributed by atoms with Crippen LogP contribution in [0.25, 0.3) is 0 Å². The standard InChI is InChI=1S/C13H16N2/c14-9-4-10-15(13-7-8-13)11-12-5-2-1-3-6-12/h1-3,5-6,13H,4,7-8,10-11H2. The van der Waals surface area contributed by atoms with Crippen LogP contribution in [0.3, 0.4) is 0 Å². The van der Waals surface area contributed by atoms with Gasteiger partial charge in [-0.2, -0.15) is 5.26 Å². The number of benzene rings is 1. The molecule has 0 unspecified atom stereocenters. The quantitative estimate of drug-likeness (QED) is 0.730. The normalized spacial score (nSPS) is 15.2. The largest absolute Gasteiger partial charge is 0.295 e. The van der Waals surface area contributed by atoms with E-state index in [1.54, 1.807) is 0 Å². The molecule has 1 saturated carbocycles. The van der Waals surface area contributed by atoms with Gasteiger partial charge in [0.2, 0.25) is 0 Å². The van der Waals surface area contributed by atoms with Gasteiger partial charge in [-0.15, -0.1) is 0 Å². The summed E-state index contributed by atoms with van der Waals surface area (Å²) in [6.07, 6.45) is 3.25. The predicted molar refractivity (Wildman–Crippen MR) is 60.1 cm³/mol. The number of nitriles is 1. The molecule has 1 aromatic carbocycles. The lowest BCUT2D eigenvalue weighted by atomic mass is 10.2. The molecule has 78 valence electrons. The van der Waals surface area contributed by atoms with Crippen LogP contribution in [0, 0.1) is 11.3 Å². The molecule has 1 aliphatic carbocycles. The second-order valence-corrected chi connectivity index (χ2v) is 4.10. The third kappa shape index (κ3) is 3.07. The van der Waals surface area contributed by atoms with Crippen LogP contribution in [0.2, 0.25) is 0 Å². The Hall–Kier alpha value is -1.33. The van der Waals surface area contributed by atoms with Crippen molar-refractivity contribution in [2.75, 3.05) is 6.54 Å². The van der Waals surface area contributed by atoms with Gasteiger partial charge >= 0.3 is 0 Å². The number of nitrogens with zero attached hydrogens (tertiary/aromatic N) is 2. The van der Waals surface area contributed by atoms with E-state index in [4.69, 9.17) is 5.26 Å². The number of hydrogen-bond donors (Lipinski definition) is 0. The lowest BCUT2D eigenvalue weighted by molar-refractivity contribution is 0.261. The topological polar surface area (TPSA) is 27.0 Å². The molecule has 1 aromatic rings. The van der Waals surface area contributed by atoms with E-state index in [0.717, 1.165) is 19.1 Å². The van der Waals surface area contributed by atoms with Gasteiger partial charge < -0.3 is 0 Å². The van der Waals surface area contributed by atoms with Crippen molar-refractivity contribution in [1.29, 1.82) is 5.26 Å². The van der Waals surface area contributed by atoms with E-state index in [9.17, 15) is 0 Å². The highest BCUT2D eigenvalue weighted by molar-refractivity contribution is 5.15. The zero-order chi connectivity index (χ0) is 10.5. The Morgan fingerprint density at radius 1 is 1.27 bits per heavy atom.